The summed E-state index contributed by atoms with van der Waals surface area (Å²) < 4.78 is 10.8. The monoisotopic (exact) mass is 220 g/mol. The first-order valence-electron chi connectivity index (χ1n) is 5.49. The number of unbranched alkanes of at least 4 members (excludes halogenated alkanes) is 1. The van der Waals surface area contributed by atoms with Gasteiger partial charge in [0.25, 0.3) is 0 Å². The van der Waals surface area contributed by atoms with Gasteiger partial charge in [-0.05, 0) is 18.6 Å². The summed E-state index contributed by atoms with van der Waals surface area (Å²) in [6.45, 7) is 2.75. The van der Waals surface area contributed by atoms with Crippen molar-refractivity contribution in [3.05, 3.63) is 17.7 Å². The van der Waals surface area contributed by atoms with Crippen LogP contribution >= 0.6 is 0 Å². The molecule has 1 rings (SSSR count). The molecule has 0 aromatic heterocycles. The van der Waals surface area contributed by atoms with E-state index in [1.807, 2.05) is 13.9 Å². The molecule has 0 saturated heterocycles. The van der Waals surface area contributed by atoms with Gasteiger partial charge in [0, 0.05) is 5.56 Å². The summed E-state index contributed by atoms with van der Waals surface area (Å²) in [5, 5.41) is 0. The molecule has 0 aliphatic carbocycles. The van der Waals surface area contributed by atoms with E-state index in [4.69, 9.17) is 9.47 Å². The van der Waals surface area contributed by atoms with Crippen molar-refractivity contribution in [1.82, 2.24) is 0 Å². The molecule has 0 spiro atoms. The lowest BCUT2D eigenvalue weighted by atomic mass is 9.90. The molecule has 0 N–H and O–H groups in total. The molecule has 0 bridgehead atoms. The summed E-state index contributed by atoms with van der Waals surface area (Å²) >= 11 is 0. The van der Waals surface area contributed by atoms with E-state index >= 15 is 0 Å². The largest absolute Gasteiger partial charge is 0.493 e. The molecule has 3 nitrogen and oxygen atoms in total. The number of hydrogen-bond donors (Lipinski definition) is 0. The second-order valence-electron chi connectivity index (χ2n) is 3.68. The van der Waals surface area contributed by atoms with E-state index in [1.54, 1.807) is 13.2 Å². The van der Waals surface area contributed by atoms with Crippen LogP contribution in [-0.4, -0.2) is 27.8 Å². The fraction of sp³-hybridized carbons (Fsp3) is 0.417. The maximum Gasteiger partial charge on any atom is 0.161 e. The number of carbonyl (C=O) groups excluding carboxylic acids is 1. The van der Waals surface area contributed by atoms with Crippen molar-refractivity contribution in [1.29, 1.82) is 0 Å². The number of aldehydes is 1. The van der Waals surface area contributed by atoms with E-state index in [0.29, 0.717) is 23.7 Å². The summed E-state index contributed by atoms with van der Waals surface area (Å²) in [7, 11) is 3.48. The van der Waals surface area contributed by atoms with Crippen LogP contribution in [0.15, 0.2) is 12.1 Å². The number of carbonyl (C=O) groups is 1. The highest BCUT2D eigenvalue weighted by Gasteiger charge is 2.08. The van der Waals surface area contributed by atoms with Crippen molar-refractivity contribution < 1.29 is 14.3 Å². The summed E-state index contributed by atoms with van der Waals surface area (Å²) in [5.74, 6) is 1.32. The number of hydrogen-bond acceptors (Lipinski definition) is 3. The van der Waals surface area contributed by atoms with Gasteiger partial charge < -0.3 is 9.47 Å². The third-order valence-corrected chi connectivity index (χ3v) is 2.43. The van der Waals surface area contributed by atoms with Crippen molar-refractivity contribution in [2.45, 2.75) is 19.8 Å². The molecule has 0 aliphatic heterocycles. The van der Waals surface area contributed by atoms with Crippen molar-refractivity contribution in [2.24, 2.45) is 0 Å². The van der Waals surface area contributed by atoms with Gasteiger partial charge in [0.2, 0.25) is 0 Å². The molecule has 0 amide bonds. The lowest BCUT2D eigenvalue weighted by Crippen LogP contribution is -2.11. The highest BCUT2D eigenvalue weighted by molar-refractivity contribution is 6.35. The Morgan fingerprint density at radius 3 is 2.69 bits per heavy atom. The molecule has 0 heterocycles. The highest BCUT2D eigenvalue weighted by atomic mass is 16.5. The zero-order valence-corrected chi connectivity index (χ0v) is 10.1. The minimum atomic E-state index is 0.642. The number of benzene rings is 1. The van der Waals surface area contributed by atoms with Gasteiger partial charge >= 0.3 is 0 Å². The minimum Gasteiger partial charge on any atom is -0.493 e. The quantitative estimate of drug-likeness (QED) is 0.406. The molecule has 0 aliphatic rings. The number of ether oxygens (including phenoxy) is 2. The van der Waals surface area contributed by atoms with Crippen LogP contribution in [0.2, 0.25) is 0 Å². The standard InChI is InChI=1S/C12H17BO3/c1-3-4-5-16-12-6-9(8-14)10(13)7-11(12)15-2/h6-8H,3-5,13H2,1-2H3. The summed E-state index contributed by atoms with van der Waals surface area (Å²) in [5.41, 5.74) is 1.54. The predicted octanol–water partition coefficient (Wildman–Crippen LogP) is 0.945. The van der Waals surface area contributed by atoms with Crippen LogP contribution in [0.3, 0.4) is 0 Å². The molecule has 0 atom stereocenters. The van der Waals surface area contributed by atoms with Crippen molar-refractivity contribution in [3.63, 3.8) is 0 Å². The lowest BCUT2D eigenvalue weighted by Gasteiger charge is -2.12. The van der Waals surface area contributed by atoms with Crippen LogP contribution in [0.25, 0.3) is 0 Å². The van der Waals surface area contributed by atoms with E-state index in [1.165, 1.54) is 0 Å². The first kappa shape index (κ1) is 12.6. The fourth-order valence-electron chi connectivity index (χ4n) is 1.40. The molecule has 4 heteroatoms. The van der Waals surface area contributed by atoms with Gasteiger partial charge in [-0.3, -0.25) is 4.79 Å². The van der Waals surface area contributed by atoms with Crippen LogP contribution in [0.5, 0.6) is 11.5 Å². The molecule has 86 valence electrons. The smallest absolute Gasteiger partial charge is 0.161 e. The molecular weight excluding hydrogens is 203 g/mol. The maximum absolute atomic E-state index is 10.8. The molecular formula is C12H17BO3. The summed E-state index contributed by atoms with van der Waals surface area (Å²) in [4.78, 5) is 10.8. The van der Waals surface area contributed by atoms with Crippen molar-refractivity contribution in [3.8, 4) is 11.5 Å². The highest BCUT2D eigenvalue weighted by Crippen LogP contribution is 2.26. The minimum absolute atomic E-state index is 0.642. The molecule has 16 heavy (non-hydrogen) atoms. The van der Waals surface area contributed by atoms with Gasteiger partial charge in [-0.1, -0.05) is 18.8 Å². The van der Waals surface area contributed by atoms with Crippen molar-refractivity contribution in [2.75, 3.05) is 13.7 Å². The first-order chi connectivity index (χ1) is 7.72. The van der Waals surface area contributed by atoms with E-state index in [-0.39, 0.29) is 0 Å². The second-order valence-corrected chi connectivity index (χ2v) is 3.68. The average Bonchev–Trinajstić information content (AvgIpc) is 2.30. The maximum atomic E-state index is 10.8. The van der Waals surface area contributed by atoms with E-state index in [2.05, 4.69) is 6.92 Å². The Morgan fingerprint density at radius 1 is 1.38 bits per heavy atom. The van der Waals surface area contributed by atoms with Gasteiger partial charge in [0.05, 0.1) is 13.7 Å². The van der Waals surface area contributed by atoms with Gasteiger partial charge in [0.15, 0.2) is 11.5 Å². The predicted molar refractivity (Wildman–Crippen MR) is 67.0 cm³/mol. The first-order valence-corrected chi connectivity index (χ1v) is 5.49. The van der Waals surface area contributed by atoms with Gasteiger partial charge in [0.1, 0.15) is 14.1 Å². The summed E-state index contributed by atoms with van der Waals surface area (Å²) in [6, 6.07) is 3.56. The number of methoxy groups -OCH3 is 1. The number of rotatable bonds is 6. The molecule has 1 aromatic rings. The van der Waals surface area contributed by atoms with Gasteiger partial charge in [-0.2, -0.15) is 0 Å². The van der Waals surface area contributed by atoms with E-state index < -0.39 is 0 Å². The van der Waals surface area contributed by atoms with Crippen LogP contribution in [0.1, 0.15) is 30.1 Å². The molecule has 0 saturated carbocycles. The fourth-order valence-corrected chi connectivity index (χ4v) is 1.40. The normalized spacial score (nSPS) is 9.88. The van der Waals surface area contributed by atoms with Gasteiger partial charge in [-0.25, -0.2) is 0 Å². The molecule has 0 fully saturated rings. The SMILES string of the molecule is Bc1cc(OC)c(OCCCC)cc1C=O. The molecule has 0 radical (unpaired) electrons. The van der Waals surface area contributed by atoms with Crippen molar-refractivity contribution >= 4 is 19.6 Å². The molecule has 1 aromatic carbocycles. The van der Waals surface area contributed by atoms with E-state index in [9.17, 15) is 4.79 Å². The Hall–Kier alpha value is -1.45. The van der Waals surface area contributed by atoms with Gasteiger partial charge in [-0.15, -0.1) is 0 Å². The zero-order valence-electron chi connectivity index (χ0n) is 10.1. The second kappa shape index (κ2) is 6.21. The Balaban J connectivity index is 2.91. The van der Waals surface area contributed by atoms with Crippen LogP contribution in [0, 0.1) is 0 Å². The lowest BCUT2D eigenvalue weighted by molar-refractivity contribution is 0.112. The third kappa shape index (κ3) is 3.02. The Kier molecular flexibility index (Phi) is 4.90. The Bertz CT molecular complexity index is 364. The third-order valence-electron chi connectivity index (χ3n) is 2.43. The van der Waals surface area contributed by atoms with Crippen LogP contribution in [-0.2, 0) is 0 Å². The van der Waals surface area contributed by atoms with Crippen LogP contribution in [0.4, 0.5) is 0 Å². The topological polar surface area (TPSA) is 35.5 Å². The Labute approximate surface area is 97.2 Å². The summed E-state index contributed by atoms with van der Waals surface area (Å²) in [6.07, 6.45) is 2.91. The Morgan fingerprint density at radius 2 is 2.12 bits per heavy atom. The zero-order chi connectivity index (χ0) is 12.0. The van der Waals surface area contributed by atoms with E-state index in [0.717, 1.165) is 24.6 Å². The molecule has 0 unspecified atom stereocenters. The van der Waals surface area contributed by atoms with Crippen LogP contribution < -0.4 is 14.9 Å². The average molecular weight is 220 g/mol.